The molecule has 2 aromatic rings. The third-order valence-corrected chi connectivity index (χ3v) is 6.51. The van der Waals surface area contributed by atoms with E-state index in [0.717, 1.165) is 24.7 Å². The minimum Gasteiger partial charge on any atom is -0.309 e. The summed E-state index contributed by atoms with van der Waals surface area (Å²) in [5.74, 6) is 1.69. The lowest BCUT2D eigenvalue weighted by atomic mass is 9.77. The highest BCUT2D eigenvalue weighted by Gasteiger charge is 2.21. The zero-order chi connectivity index (χ0) is 23.1. The van der Waals surface area contributed by atoms with Crippen molar-refractivity contribution in [3.8, 4) is 0 Å². The summed E-state index contributed by atoms with van der Waals surface area (Å²) in [6.07, 6.45) is 10.8. The van der Waals surface area contributed by atoms with Crippen molar-refractivity contribution in [1.29, 1.82) is 0 Å². The number of aryl methyl sites for hydroxylation is 3. The zero-order valence-corrected chi connectivity index (χ0v) is 21.6. The summed E-state index contributed by atoms with van der Waals surface area (Å²) in [6.45, 7) is 12.4. The molecular weight excluding hydrogens is 374 g/mol. The van der Waals surface area contributed by atoms with Crippen LogP contribution in [0.3, 0.4) is 0 Å². The average molecular weight is 424 g/mol. The Morgan fingerprint density at radius 1 is 0.839 bits per heavy atom. The van der Waals surface area contributed by atoms with Gasteiger partial charge >= 0.3 is 0 Å². The maximum absolute atomic E-state index is 2.42. The Balaban J connectivity index is 0.000000260. The molecule has 0 aromatic heterocycles. The van der Waals surface area contributed by atoms with Gasteiger partial charge in [-0.2, -0.15) is 0 Å². The fraction of sp³-hybridized carbons (Fsp3) is 0.600. The smallest absolute Gasteiger partial charge is 0.00275 e. The standard InChI is InChI=1S/C15H22.C10H14.C5H13N/c1-12-8-6-7-11-15(12)13(2)14-9-4-3-5-10-14;1-3-9-6-5-7-10(4-2)8-9;1-4-5-6(2)3/h6-8,11,13-14H,3-5,9-10H2,1-2H3;5-8H,3-4H2,1-2H3;4-5H2,1-3H3. The van der Waals surface area contributed by atoms with Gasteiger partial charge in [0.1, 0.15) is 0 Å². The van der Waals surface area contributed by atoms with Crippen LogP contribution in [0.5, 0.6) is 0 Å². The Hall–Kier alpha value is -1.60. The van der Waals surface area contributed by atoms with Crippen LogP contribution in [0.15, 0.2) is 48.5 Å². The Kier molecular flexibility index (Phi) is 14.2. The molecule has 0 bridgehead atoms. The van der Waals surface area contributed by atoms with Crippen LogP contribution in [0.25, 0.3) is 0 Å². The van der Waals surface area contributed by atoms with Crippen molar-refractivity contribution >= 4 is 0 Å². The lowest BCUT2D eigenvalue weighted by Gasteiger charge is -2.28. The third kappa shape index (κ3) is 11.0. The highest BCUT2D eigenvalue weighted by Crippen LogP contribution is 2.36. The van der Waals surface area contributed by atoms with Crippen LogP contribution in [-0.4, -0.2) is 25.5 Å². The molecule has 1 nitrogen and oxygen atoms in total. The lowest BCUT2D eigenvalue weighted by molar-refractivity contribution is 0.315. The molecule has 31 heavy (non-hydrogen) atoms. The fourth-order valence-corrected chi connectivity index (χ4v) is 4.50. The summed E-state index contributed by atoms with van der Waals surface area (Å²) < 4.78 is 0. The van der Waals surface area contributed by atoms with Crippen molar-refractivity contribution in [2.75, 3.05) is 20.6 Å². The van der Waals surface area contributed by atoms with E-state index in [9.17, 15) is 0 Å². The van der Waals surface area contributed by atoms with Crippen LogP contribution in [0.2, 0.25) is 0 Å². The highest BCUT2D eigenvalue weighted by atomic mass is 15.0. The topological polar surface area (TPSA) is 3.24 Å². The summed E-state index contributed by atoms with van der Waals surface area (Å²) >= 11 is 0. The van der Waals surface area contributed by atoms with Gasteiger partial charge in [-0.25, -0.2) is 0 Å². The first kappa shape index (κ1) is 27.4. The van der Waals surface area contributed by atoms with E-state index in [0.29, 0.717) is 0 Å². The largest absolute Gasteiger partial charge is 0.309 e. The van der Waals surface area contributed by atoms with Gasteiger partial charge < -0.3 is 4.90 Å². The average Bonchev–Trinajstić information content (AvgIpc) is 2.80. The van der Waals surface area contributed by atoms with E-state index in [1.165, 1.54) is 61.8 Å². The first-order valence-electron chi connectivity index (χ1n) is 12.7. The molecule has 1 saturated carbocycles. The van der Waals surface area contributed by atoms with E-state index in [-0.39, 0.29) is 0 Å². The van der Waals surface area contributed by atoms with Crippen molar-refractivity contribution in [3.05, 3.63) is 70.8 Å². The molecule has 0 N–H and O–H groups in total. The van der Waals surface area contributed by atoms with Gasteiger partial charge in [0.25, 0.3) is 0 Å². The molecule has 1 heteroatoms. The van der Waals surface area contributed by atoms with Crippen LogP contribution in [0.4, 0.5) is 0 Å². The van der Waals surface area contributed by atoms with E-state index >= 15 is 0 Å². The summed E-state index contributed by atoms with van der Waals surface area (Å²) in [7, 11) is 4.17. The Bertz CT molecular complexity index is 678. The second-order valence-corrected chi connectivity index (χ2v) is 9.37. The normalized spacial score (nSPS) is 14.8. The maximum atomic E-state index is 2.42. The summed E-state index contributed by atoms with van der Waals surface area (Å²) in [5, 5.41) is 0. The van der Waals surface area contributed by atoms with Crippen molar-refractivity contribution in [2.24, 2.45) is 5.92 Å². The number of rotatable bonds is 6. The summed E-state index contributed by atoms with van der Waals surface area (Å²) in [5.41, 5.74) is 5.93. The molecule has 3 rings (SSSR count). The van der Waals surface area contributed by atoms with Gasteiger partial charge in [-0.1, -0.05) is 95.5 Å². The molecule has 1 aliphatic carbocycles. The maximum Gasteiger partial charge on any atom is -0.00275 e. The van der Waals surface area contributed by atoms with Crippen molar-refractivity contribution in [3.63, 3.8) is 0 Å². The lowest BCUT2D eigenvalue weighted by Crippen LogP contribution is -2.14. The summed E-state index contributed by atoms with van der Waals surface area (Å²) in [6, 6.07) is 17.7. The highest BCUT2D eigenvalue weighted by molar-refractivity contribution is 5.29. The van der Waals surface area contributed by atoms with Crippen LogP contribution >= 0.6 is 0 Å². The fourth-order valence-electron chi connectivity index (χ4n) is 4.50. The van der Waals surface area contributed by atoms with Crippen LogP contribution in [0, 0.1) is 12.8 Å². The van der Waals surface area contributed by atoms with Gasteiger partial charge in [0.15, 0.2) is 0 Å². The minimum atomic E-state index is 0.756. The van der Waals surface area contributed by atoms with Crippen molar-refractivity contribution < 1.29 is 0 Å². The molecular formula is C30H49N. The molecule has 1 atom stereocenters. The van der Waals surface area contributed by atoms with Gasteiger partial charge in [0, 0.05) is 0 Å². The zero-order valence-electron chi connectivity index (χ0n) is 21.6. The monoisotopic (exact) mass is 423 g/mol. The molecule has 1 fully saturated rings. The second kappa shape index (κ2) is 16.1. The number of hydrogen-bond donors (Lipinski definition) is 0. The molecule has 2 aromatic carbocycles. The van der Waals surface area contributed by atoms with E-state index < -0.39 is 0 Å². The van der Waals surface area contributed by atoms with Gasteiger partial charge in [-0.3, -0.25) is 0 Å². The molecule has 0 radical (unpaired) electrons. The van der Waals surface area contributed by atoms with E-state index in [1.807, 2.05) is 0 Å². The minimum absolute atomic E-state index is 0.756. The first-order valence-corrected chi connectivity index (χ1v) is 12.7. The number of hydrogen-bond acceptors (Lipinski definition) is 1. The SMILES string of the molecule is CCCN(C)C.CCc1cccc(CC)c1.Cc1ccccc1C(C)C1CCCCC1. The first-order chi connectivity index (χ1) is 14.9. The Labute approximate surface area is 194 Å². The summed E-state index contributed by atoms with van der Waals surface area (Å²) in [4.78, 5) is 2.18. The Morgan fingerprint density at radius 3 is 1.87 bits per heavy atom. The van der Waals surface area contributed by atoms with E-state index in [2.05, 4.69) is 102 Å². The molecule has 0 amide bonds. The number of nitrogens with zero attached hydrogens (tertiary/aromatic N) is 1. The molecule has 174 valence electrons. The molecule has 0 heterocycles. The van der Waals surface area contributed by atoms with Crippen molar-refractivity contribution in [1.82, 2.24) is 4.90 Å². The predicted molar refractivity (Wildman–Crippen MR) is 140 cm³/mol. The van der Waals surface area contributed by atoms with Gasteiger partial charge in [0.05, 0.1) is 0 Å². The second-order valence-electron chi connectivity index (χ2n) is 9.37. The van der Waals surface area contributed by atoms with Crippen LogP contribution in [-0.2, 0) is 12.8 Å². The molecule has 0 saturated heterocycles. The van der Waals surface area contributed by atoms with Crippen molar-refractivity contribution in [2.45, 2.75) is 91.9 Å². The van der Waals surface area contributed by atoms with E-state index in [4.69, 9.17) is 0 Å². The van der Waals surface area contributed by atoms with Crippen LogP contribution < -0.4 is 0 Å². The Morgan fingerprint density at radius 2 is 1.42 bits per heavy atom. The van der Waals surface area contributed by atoms with Crippen LogP contribution in [0.1, 0.15) is 94.4 Å². The molecule has 0 spiro atoms. The quantitative estimate of drug-likeness (QED) is 0.450. The number of benzene rings is 2. The molecule has 1 aliphatic rings. The predicted octanol–water partition coefficient (Wildman–Crippen LogP) is 8.45. The van der Waals surface area contributed by atoms with E-state index in [1.54, 1.807) is 5.56 Å². The third-order valence-electron chi connectivity index (χ3n) is 6.51. The van der Waals surface area contributed by atoms with Gasteiger partial charge in [0.2, 0.25) is 0 Å². The molecule has 1 unspecified atom stereocenters. The van der Waals surface area contributed by atoms with Gasteiger partial charge in [-0.05, 0) is 93.8 Å². The van der Waals surface area contributed by atoms with Gasteiger partial charge in [-0.15, -0.1) is 0 Å². The molecule has 0 aliphatic heterocycles.